The highest BCUT2D eigenvalue weighted by molar-refractivity contribution is 7.92. The number of aromatic amines is 1. The first-order chi connectivity index (χ1) is 9.90. The molecule has 2 aromatic rings. The molecule has 0 spiro atoms. The fourth-order valence-electron chi connectivity index (χ4n) is 1.39. The Morgan fingerprint density at radius 2 is 2.33 bits per heavy atom. The number of hydrogen-bond donors (Lipinski definition) is 3. The summed E-state index contributed by atoms with van der Waals surface area (Å²) < 4.78 is 32.2. The van der Waals surface area contributed by atoms with Crippen LogP contribution in [0.5, 0.6) is 6.01 Å². The summed E-state index contributed by atoms with van der Waals surface area (Å²) in [6.07, 6.45) is 2.17. The zero-order chi connectivity index (χ0) is 15.5. The molecular formula is C9H12N6O5S. The van der Waals surface area contributed by atoms with Crippen molar-refractivity contribution in [3.8, 4) is 6.01 Å². The first-order valence-electron chi connectivity index (χ1n) is 5.64. The van der Waals surface area contributed by atoms with Gasteiger partial charge in [-0.3, -0.25) is 9.48 Å². The average molecular weight is 316 g/mol. The van der Waals surface area contributed by atoms with E-state index in [-0.39, 0.29) is 29.8 Å². The lowest BCUT2D eigenvalue weighted by Crippen LogP contribution is -2.13. The van der Waals surface area contributed by atoms with E-state index < -0.39 is 16.0 Å². The van der Waals surface area contributed by atoms with E-state index in [0.717, 1.165) is 6.20 Å². The maximum absolute atomic E-state index is 12.0. The number of sulfonamides is 1. The highest BCUT2D eigenvalue weighted by atomic mass is 32.2. The lowest BCUT2D eigenvalue weighted by Gasteiger charge is -2.01. The highest BCUT2D eigenvalue weighted by Gasteiger charge is 2.19. The number of carbonyl (C=O) groups is 1. The predicted octanol–water partition coefficient (Wildman–Crippen LogP) is -0.715. The molecule has 11 nitrogen and oxygen atoms in total. The molecule has 0 aliphatic heterocycles. The van der Waals surface area contributed by atoms with Gasteiger partial charge in [-0.15, -0.1) is 5.10 Å². The van der Waals surface area contributed by atoms with E-state index >= 15 is 0 Å². The van der Waals surface area contributed by atoms with Crippen LogP contribution in [-0.4, -0.2) is 51.6 Å². The third kappa shape index (κ3) is 3.68. The van der Waals surface area contributed by atoms with Gasteiger partial charge < -0.3 is 9.84 Å². The van der Waals surface area contributed by atoms with Crippen molar-refractivity contribution in [3.05, 3.63) is 12.4 Å². The third-order valence-electron chi connectivity index (χ3n) is 2.35. The normalized spacial score (nSPS) is 11.3. The van der Waals surface area contributed by atoms with Gasteiger partial charge in [-0.1, -0.05) is 0 Å². The number of aliphatic carboxylic acids is 1. The van der Waals surface area contributed by atoms with E-state index in [0.29, 0.717) is 0 Å². The van der Waals surface area contributed by atoms with Crippen LogP contribution in [0.3, 0.4) is 0 Å². The molecule has 0 saturated carbocycles. The molecule has 12 heteroatoms. The molecule has 21 heavy (non-hydrogen) atoms. The molecule has 2 heterocycles. The second-order valence-corrected chi connectivity index (χ2v) is 5.54. The number of ether oxygens (including phenoxy) is 1. The van der Waals surface area contributed by atoms with Gasteiger partial charge in [-0.05, 0) is 0 Å². The second-order valence-electron chi connectivity index (χ2n) is 3.86. The number of methoxy groups -OCH3 is 1. The second kappa shape index (κ2) is 5.78. The summed E-state index contributed by atoms with van der Waals surface area (Å²) in [6.45, 7) is 0.0704. The Morgan fingerprint density at radius 1 is 1.57 bits per heavy atom. The molecule has 0 atom stereocenters. The molecule has 114 valence electrons. The summed E-state index contributed by atoms with van der Waals surface area (Å²) in [4.78, 5) is 14.0. The van der Waals surface area contributed by atoms with Crippen LogP contribution in [0.15, 0.2) is 17.3 Å². The summed E-state index contributed by atoms with van der Waals surface area (Å²) in [5.74, 6) is -1.10. The van der Waals surface area contributed by atoms with Crippen molar-refractivity contribution in [2.45, 2.75) is 17.9 Å². The summed E-state index contributed by atoms with van der Waals surface area (Å²) in [5.41, 5.74) is 0. The van der Waals surface area contributed by atoms with Gasteiger partial charge in [0.1, 0.15) is 4.90 Å². The van der Waals surface area contributed by atoms with Gasteiger partial charge in [-0.25, -0.2) is 18.2 Å². The number of nitrogens with zero attached hydrogens (tertiary/aromatic N) is 4. The van der Waals surface area contributed by atoms with E-state index in [4.69, 9.17) is 9.84 Å². The van der Waals surface area contributed by atoms with Crippen LogP contribution in [0.25, 0.3) is 0 Å². The Labute approximate surface area is 119 Å². The standard InChI is InChI=1S/C9H12N6O5S/c1-20-9-11-8(12-13-9)14-21(18,19)6-4-10-15(5-6)3-2-7(16)17/h4-5H,2-3H2,1H3,(H,16,17)(H2,11,12,13,14). The average Bonchev–Trinajstić information content (AvgIpc) is 3.04. The Balaban J connectivity index is 2.10. The number of anilines is 1. The van der Waals surface area contributed by atoms with Crippen molar-refractivity contribution >= 4 is 21.9 Å². The van der Waals surface area contributed by atoms with E-state index in [1.807, 2.05) is 0 Å². The number of aromatic nitrogens is 5. The van der Waals surface area contributed by atoms with Crippen LogP contribution < -0.4 is 9.46 Å². The third-order valence-corrected chi connectivity index (χ3v) is 3.65. The Hall–Kier alpha value is -2.63. The molecule has 2 rings (SSSR count). The summed E-state index contributed by atoms with van der Waals surface area (Å²) >= 11 is 0. The number of H-pyrrole nitrogens is 1. The smallest absolute Gasteiger partial charge is 0.336 e. The predicted molar refractivity (Wildman–Crippen MR) is 68.2 cm³/mol. The van der Waals surface area contributed by atoms with Gasteiger partial charge in [0.15, 0.2) is 0 Å². The van der Waals surface area contributed by atoms with Crippen LogP contribution in [0.4, 0.5) is 5.95 Å². The number of aryl methyl sites for hydroxylation is 1. The number of rotatable bonds is 7. The van der Waals surface area contributed by atoms with E-state index in [2.05, 4.69) is 25.0 Å². The maximum atomic E-state index is 12.0. The number of nitrogens with one attached hydrogen (secondary N) is 2. The van der Waals surface area contributed by atoms with Crippen molar-refractivity contribution < 1.29 is 23.1 Å². The Kier molecular flexibility index (Phi) is 4.07. The largest absolute Gasteiger partial charge is 0.481 e. The molecule has 0 aliphatic rings. The van der Waals surface area contributed by atoms with Gasteiger partial charge in [-0.2, -0.15) is 10.1 Å². The first-order valence-corrected chi connectivity index (χ1v) is 7.12. The lowest BCUT2D eigenvalue weighted by molar-refractivity contribution is -0.137. The Morgan fingerprint density at radius 3 is 2.95 bits per heavy atom. The van der Waals surface area contributed by atoms with Gasteiger partial charge in [0, 0.05) is 6.20 Å². The van der Waals surface area contributed by atoms with E-state index in [1.165, 1.54) is 18.0 Å². The van der Waals surface area contributed by atoms with Crippen LogP contribution in [0.2, 0.25) is 0 Å². The van der Waals surface area contributed by atoms with Crippen LogP contribution in [0.1, 0.15) is 6.42 Å². The number of hydrogen-bond acceptors (Lipinski definition) is 7. The maximum Gasteiger partial charge on any atom is 0.336 e. The summed E-state index contributed by atoms with van der Waals surface area (Å²) in [6, 6.07) is -0.00940. The molecule has 0 bridgehead atoms. The van der Waals surface area contributed by atoms with Gasteiger partial charge >= 0.3 is 12.0 Å². The molecule has 0 radical (unpaired) electrons. The fourth-order valence-corrected chi connectivity index (χ4v) is 2.30. The number of carboxylic acid groups (broad SMARTS) is 1. The zero-order valence-electron chi connectivity index (χ0n) is 10.8. The quantitative estimate of drug-likeness (QED) is 0.605. The SMILES string of the molecule is COc1n[nH]c(NS(=O)(=O)c2cnn(CCC(=O)O)c2)n1. The topological polar surface area (TPSA) is 152 Å². The van der Waals surface area contributed by atoms with Crippen molar-refractivity contribution in [1.29, 1.82) is 0 Å². The monoisotopic (exact) mass is 316 g/mol. The van der Waals surface area contributed by atoms with E-state index in [9.17, 15) is 13.2 Å². The van der Waals surface area contributed by atoms with Gasteiger partial charge in [0.05, 0.1) is 26.3 Å². The minimum Gasteiger partial charge on any atom is -0.481 e. The van der Waals surface area contributed by atoms with Crippen LogP contribution >= 0.6 is 0 Å². The first kappa shape index (κ1) is 14.8. The Bertz CT molecular complexity index is 735. The van der Waals surface area contributed by atoms with Crippen LogP contribution in [0, 0.1) is 0 Å². The molecule has 3 N–H and O–H groups in total. The van der Waals surface area contributed by atoms with Crippen molar-refractivity contribution in [2.75, 3.05) is 11.8 Å². The van der Waals surface area contributed by atoms with Crippen molar-refractivity contribution in [2.24, 2.45) is 0 Å². The number of carboxylic acids is 1. The van der Waals surface area contributed by atoms with Crippen molar-refractivity contribution in [3.63, 3.8) is 0 Å². The molecule has 0 amide bonds. The summed E-state index contributed by atoms with van der Waals surface area (Å²) in [5, 5.41) is 18.3. The van der Waals surface area contributed by atoms with Crippen LogP contribution in [-0.2, 0) is 21.4 Å². The minimum atomic E-state index is -3.90. The molecule has 0 aromatic carbocycles. The van der Waals surface area contributed by atoms with E-state index in [1.54, 1.807) is 0 Å². The molecule has 0 unspecified atom stereocenters. The van der Waals surface area contributed by atoms with Gasteiger partial charge in [0.25, 0.3) is 10.0 Å². The highest BCUT2D eigenvalue weighted by Crippen LogP contribution is 2.13. The molecule has 0 fully saturated rings. The lowest BCUT2D eigenvalue weighted by atomic mass is 10.4. The van der Waals surface area contributed by atoms with Gasteiger partial charge in [0.2, 0.25) is 5.95 Å². The molecule has 0 aliphatic carbocycles. The summed E-state index contributed by atoms with van der Waals surface area (Å²) in [7, 11) is -2.55. The zero-order valence-corrected chi connectivity index (χ0v) is 11.7. The molecule has 0 saturated heterocycles. The minimum absolute atomic E-state index is 0.00940. The van der Waals surface area contributed by atoms with Crippen molar-refractivity contribution in [1.82, 2.24) is 25.0 Å². The molecular weight excluding hydrogens is 304 g/mol. The molecule has 2 aromatic heterocycles. The fraction of sp³-hybridized carbons (Fsp3) is 0.333.